The Morgan fingerprint density at radius 3 is 2.65 bits per heavy atom. The van der Waals surface area contributed by atoms with Crippen LogP contribution in [0.1, 0.15) is 17.0 Å². The number of H-pyrrole nitrogens is 1. The van der Waals surface area contributed by atoms with Crippen molar-refractivity contribution < 1.29 is 4.42 Å². The lowest BCUT2D eigenvalue weighted by atomic mass is 10.0. The molecule has 0 saturated heterocycles. The molecule has 6 rings (SSSR count). The summed E-state index contributed by atoms with van der Waals surface area (Å²) >= 11 is 10.2. The largest absolute Gasteiger partial charge is 0.455 e. The fraction of sp³-hybridized carbons (Fsp3) is 0.120. The Morgan fingerprint density at radius 2 is 1.85 bits per heavy atom. The predicted molar refractivity (Wildman–Crippen MR) is 136 cm³/mol. The summed E-state index contributed by atoms with van der Waals surface area (Å²) in [5.74, 6) is 1.24. The molecule has 0 spiro atoms. The van der Waals surface area contributed by atoms with Gasteiger partial charge in [0.2, 0.25) is 5.82 Å². The number of pyridine rings is 1. The maximum absolute atomic E-state index is 6.40. The van der Waals surface area contributed by atoms with Crippen LogP contribution in [0.2, 0.25) is 5.15 Å². The standard InChI is InChI=1S/C25H18BrClN6O/c1-13-9-20-18(24(27)28-13)10-14(2)33(20)12-15-7-8-21-19(11-15)22(26)23(34-21)16-5-3-4-6-17(16)25-29-31-32-30-25/h3-11H,12H2,1-2H3,(H,29,30,31,32). The molecule has 0 fully saturated rings. The van der Waals surface area contributed by atoms with E-state index in [9.17, 15) is 0 Å². The second kappa shape index (κ2) is 8.07. The normalized spacial score (nSPS) is 11.6. The number of furan rings is 1. The number of hydrogen-bond acceptors (Lipinski definition) is 5. The van der Waals surface area contributed by atoms with E-state index in [1.54, 1.807) is 0 Å². The molecule has 0 bridgehead atoms. The molecule has 0 amide bonds. The van der Waals surface area contributed by atoms with E-state index >= 15 is 0 Å². The van der Waals surface area contributed by atoms with Crippen molar-refractivity contribution in [2.45, 2.75) is 20.4 Å². The third-order valence-corrected chi connectivity index (χ3v) is 7.05. The maximum atomic E-state index is 6.40. The summed E-state index contributed by atoms with van der Waals surface area (Å²) in [5, 5.41) is 17.0. The predicted octanol–water partition coefficient (Wildman–Crippen LogP) is 6.71. The number of tetrazole rings is 1. The molecule has 4 heterocycles. The number of rotatable bonds is 4. The molecular formula is C25H18BrClN6O. The molecule has 0 saturated carbocycles. The molecule has 0 atom stereocenters. The van der Waals surface area contributed by atoms with Crippen LogP contribution in [0.25, 0.3) is 44.6 Å². The molecule has 4 aromatic heterocycles. The number of aryl methyl sites for hydroxylation is 2. The van der Waals surface area contributed by atoms with Crippen molar-refractivity contribution in [2.75, 3.05) is 0 Å². The highest BCUT2D eigenvalue weighted by atomic mass is 79.9. The smallest absolute Gasteiger partial charge is 0.205 e. The first-order chi connectivity index (χ1) is 16.5. The Hall–Kier alpha value is -3.49. The minimum atomic E-state index is 0.516. The molecule has 6 aromatic rings. The first-order valence-electron chi connectivity index (χ1n) is 10.7. The number of halogens is 2. The highest BCUT2D eigenvalue weighted by Gasteiger charge is 2.20. The van der Waals surface area contributed by atoms with E-state index in [0.29, 0.717) is 17.5 Å². The van der Waals surface area contributed by atoms with E-state index in [4.69, 9.17) is 16.0 Å². The van der Waals surface area contributed by atoms with Gasteiger partial charge < -0.3 is 8.98 Å². The summed E-state index contributed by atoms with van der Waals surface area (Å²) in [4.78, 5) is 4.39. The number of aromatic nitrogens is 6. The third kappa shape index (κ3) is 3.41. The Bertz CT molecular complexity index is 1690. The van der Waals surface area contributed by atoms with Gasteiger partial charge in [-0.25, -0.2) is 4.98 Å². The minimum absolute atomic E-state index is 0.516. The van der Waals surface area contributed by atoms with Crippen LogP contribution in [-0.2, 0) is 6.54 Å². The van der Waals surface area contributed by atoms with Gasteiger partial charge in [-0.2, -0.15) is 5.21 Å². The van der Waals surface area contributed by atoms with Gasteiger partial charge in [-0.15, -0.1) is 10.2 Å². The van der Waals surface area contributed by atoms with Crippen LogP contribution in [0.3, 0.4) is 0 Å². The van der Waals surface area contributed by atoms with Gasteiger partial charge in [-0.05, 0) is 64.8 Å². The average Bonchev–Trinajstić information content (AvgIpc) is 3.54. The molecule has 34 heavy (non-hydrogen) atoms. The van der Waals surface area contributed by atoms with Crippen LogP contribution in [0.5, 0.6) is 0 Å². The Balaban J connectivity index is 1.44. The second-order valence-corrected chi connectivity index (χ2v) is 9.37. The number of nitrogens with one attached hydrogen (secondary N) is 1. The van der Waals surface area contributed by atoms with E-state index in [2.05, 4.69) is 77.3 Å². The van der Waals surface area contributed by atoms with Gasteiger partial charge in [-0.3, -0.25) is 0 Å². The second-order valence-electron chi connectivity index (χ2n) is 8.22. The number of hydrogen-bond donors (Lipinski definition) is 1. The highest BCUT2D eigenvalue weighted by Crippen LogP contribution is 2.41. The molecule has 0 unspecified atom stereocenters. The fourth-order valence-electron chi connectivity index (χ4n) is 4.39. The van der Waals surface area contributed by atoms with E-state index < -0.39 is 0 Å². The molecule has 0 radical (unpaired) electrons. The van der Waals surface area contributed by atoms with Crippen LogP contribution in [0.15, 0.2) is 63.5 Å². The van der Waals surface area contributed by atoms with Crippen LogP contribution < -0.4 is 0 Å². The lowest BCUT2D eigenvalue weighted by molar-refractivity contribution is 0.630. The van der Waals surface area contributed by atoms with E-state index in [1.807, 2.05) is 37.3 Å². The van der Waals surface area contributed by atoms with Crippen LogP contribution in [0.4, 0.5) is 0 Å². The zero-order chi connectivity index (χ0) is 23.4. The Morgan fingerprint density at radius 1 is 1.03 bits per heavy atom. The van der Waals surface area contributed by atoms with E-state index in [-0.39, 0.29) is 0 Å². The van der Waals surface area contributed by atoms with Crippen molar-refractivity contribution in [3.05, 3.63) is 81.2 Å². The van der Waals surface area contributed by atoms with Crippen molar-refractivity contribution in [1.82, 2.24) is 30.2 Å². The third-order valence-electron chi connectivity index (χ3n) is 5.98. The first kappa shape index (κ1) is 21.1. The zero-order valence-electron chi connectivity index (χ0n) is 18.3. The van der Waals surface area contributed by atoms with Crippen LogP contribution in [-0.4, -0.2) is 30.2 Å². The highest BCUT2D eigenvalue weighted by molar-refractivity contribution is 9.10. The summed E-state index contributed by atoms with van der Waals surface area (Å²) in [6.07, 6.45) is 0. The quantitative estimate of drug-likeness (QED) is 0.255. The molecule has 168 valence electrons. The average molecular weight is 534 g/mol. The van der Waals surface area contributed by atoms with Gasteiger partial charge in [-0.1, -0.05) is 41.9 Å². The van der Waals surface area contributed by atoms with E-state index in [1.165, 1.54) is 0 Å². The van der Waals surface area contributed by atoms with Crippen LogP contribution >= 0.6 is 27.5 Å². The van der Waals surface area contributed by atoms with Crippen molar-refractivity contribution in [1.29, 1.82) is 0 Å². The zero-order valence-corrected chi connectivity index (χ0v) is 20.6. The van der Waals surface area contributed by atoms with Crippen molar-refractivity contribution in [3.8, 4) is 22.7 Å². The van der Waals surface area contributed by atoms with Crippen molar-refractivity contribution in [3.63, 3.8) is 0 Å². The molecule has 9 heteroatoms. The lowest BCUT2D eigenvalue weighted by Crippen LogP contribution is -2.01. The summed E-state index contributed by atoms with van der Waals surface area (Å²) < 4.78 is 9.42. The SMILES string of the molecule is Cc1cc2c(cc(C)n2Cc2ccc3oc(-c4ccccc4-c4nn[nH]n4)c(Br)c3c2)c(Cl)n1. The van der Waals surface area contributed by atoms with E-state index in [0.717, 1.165) is 60.2 Å². The summed E-state index contributed by atoms with van der Waals surface area (Å²) in [7, 11) is 0. The topological polar surface area (TPSA) is 85.4 Å². The maximum Gasteiger partial charge on any atom is 0.205 e. The molecular weight excluding hydrogens is 516 g/mol. The van der Waals surface area contributed by atoms with Crippen LogP contribution in [0, 0.1) is 13.8 Å². The summed E-state index contributed by atoms with van der Waals surface area (Å²) in [6, 6.07) is 18.3. The Labute approximate surface area is 207 Å². The lowest BCUT2D eigenvalue weighted by Gasteiger charge is -2.09. The summed E-state index contributed by atoms with van der Waals surface area (Å²) in [6.45, 7) is 4.75. The molecule has 0 aliphatic heterocycles. The van der Waals surface area contributed by atoms with Gasteiger partial charge in [0.1, 0.15) is 16.5 Å². The van der Waals surface area contributed by atoms with Crippen molar-refractivity contribution >= 4 is 49.4 Å². The summed E-state index contributed by atoms with van der Waals surface area (Å²) in [5.41, 5.74) is 6.78. The molecule has 0 aliphatic carbocycles. The monoisotopic (exact) mass is 532 g/mol. The number of nitrogens with zero attached hydrogens (tertiary/aromatic N) is 5. The van der Waals surface area contributed by atoms with Gasteiger partial charge >= 0.3 is 0 Å². The van der Waals surface area contributed by atoms with Gasteiger partial charge in [0.25, 0.3) is 0 Å². The number of fused-ring (bicyclic) bond motifs is 2. The molecule has 1 N–H and O–H groups in total. The van der Waals surface area contributed by atoms with Gasteiger partial charge in [0, 0.05) is 39.8 Å². The fourth-order valence-corrected chi connectivity index (χ4v) is 5.28. The van der Waals surface area contributed by atoms with Gasteiger partial charge in [0.15, 0.2) is 0 Å². The van der Waals surface area contributed by atoms with Crippen molar-refractivity contribution in [2.24, 2.45) is 0 Å². The molecule has 0 aliphatic rings. The first-order valence-corrected chi connectivity index (χ1v) is 11.8. The number of aromatic amines is 1. The Kier molecular flexibility index (Phi) is 5.00. The number of benzene rings is 2. The minimum Gasteiger partial charge on any atom is -0.455 e. The molecule has 7 nitrogen and oxygen atoms in total. The molecule has 2 aromatic carbocycles. The van der Waals surface area contributed by atoms with Gasteiger partial charge in [0.05, 0.1) is 9.99 Å².